The average molecular weight is 416 g/mol. The molecule has 1 fully saturated rings. The van der Waals surface area contributed by atoms with Gasteiger partial charge in [-0.1, -0.05) is 17.8 Å². The van der Waals surface area contributed by atoms with E-state index in [2.05, 4.69) is 34.9 Å². The highest BCUT2D eigenvalue weighted by Gasteiger charge is 2.55. The molecule has 9 heteroatoms. The Hall–Kier alpha value is -2.97. The van der Waals surface area contributed by atoms with Gasteiger partial charge in [-0.15, -0.1) is 6.42 Å². The first-order chi connectivity index (χ1) is 13.8. The van der Waals surface area contributed by atoms with Crippen LogP contribution in [0, 0.1) is 41.4 Å². The zero-order valence-corrected chi connectivity index (χ0v) is 16.1. The first-order valence-electron chi connectivity index (χ1n) is 8.43. The average Bonchev–Trinajstić information content (AvgIpc) is 2.69. The molecule has 8 nitrogen and oxygen atoms in total. The number of rotatable bonds is 5. The zero-order valence-electron chi connectivity index (χ0n) is 15.3. The fourth-order valence-electron chi connectivity index (χ4n) is 2.82. The van der Waals surface area contributed by atoms with Gasteiger partial charge in [-0.25, -0.2) is 5.48 Å². The number of carbonyl (C=O) groups is 2. The summed E-state index contributed by atoms with van der Waals surface area (Å²) in [7, 11) is -2.90. The van der Waals surface area contributed by atoms with Crippen molar-refractivity contribution in [1.82, 2.24) is 10.8 Å². The summed E-state index contributed by atoms with van der Waals surface area (Å²) in [6, 6.07) is 4.82. The molecule has 6 N–H and O–H groups in total. The lowest BCUT2D eigenvalue weighted by Gasteiger charge is -2.55. The summed E-state index contributed by atoms with van der Waals surface area (Å²) in [6.07, 6.45) is 5.82. The summed E-state index contributed by atoms with van der Waals surface area (Å²) >= 11 is 0. The summed E-state index contributed by atoms with van der Waals surface area (Å²) < 4.78 is 19.4. The third-order valence-corrected chi connectivity index (χ3v) is 6.16. The SMILES string of the molecule is C#CC1(C(NC(=O)c2ccc(C#CC#CCCO)cc2)C(=O)NO)CS(O)(O)C1. The standard InChI is InChI=1S/C20H20N2O6S/c1-2-20(13-29(27,28)14-20)17(19(25)22-26)21-18(24)16-10-8-15(9-11-16)7-5-3-4-6-12-23/h1,8-11,17,23,26-28H,6,12-14H2,(H,21,24)(H,22,25). The van der Waals surface area contributed by atoms with Crippen molar-refractivity contribution < 1.29 is 29.0 Å². The van der Waals surface area contributed by atoms with E-state index in [-0.39, 0.29) is 23.7 Å². The van der Waals surface area contributed by atoms with Crippen LogP contribution in [0.4, 0.5) is 0 Å². The quantitative estimate of drug-likeness (QED) is 0.234. The van der Waals surface area contributed by atoms with Crippen LogP contribution < -0.4 is 10.8 Å². The number of terminal acetylenes is 1. The van der Waals surface area contributed by atoms with Crippen molar-refractivity contribution in [3.63, 3.8) is 0 Å². The molecule has 1 aliphatic rings. The molecule has 1 aliphatic heterocycles. The van der Waals surface area contributed by atoms with E-state index in [0.29, 0.717) is 12.0 Å². The molecule has 0 spiro atoms. The largest absolute Gasteiger partial charge is 0.395 e. The monoisotopic (exact) mass is 416 g/mol. The van der Waals surface area contributed by atoms with Crippen LogP contribution >= 0.6 is 10.6 Å². The lowest BCUT2D eigenvalue weighted by atomic mass is 9.83. The van der Waals surface area contributed by atoms with E-state index in [9.17, 15) is 18.7 Å². The molecule has 1 atom stereocenters. The van der Waals surface area contributed by atoms with Crippen LogP contribution in [0.5, 0.6) is 0 Å². The summed E-state index contributed by atoms with van der Waals surface area (Å²) in [6.45, 7) is -0.0341. The van der Waals surface area contributed by atoms with Gasteiger partial charge in [-0.3, -0.25) is 23.9 Å². The van der Waals surface area contributed by atoms with Gasteiger partial charge in [0.1, 0.15) is 6.04 Å². The molecule has 1 saturated heterocycles. The molecular formula is C20H20N2O6S. The second-order valence-electron chi connectivity index (χ2n) is 6.38. The lowest BCUT2D eigenvalue weighted by molar-refractivity contribution is -0.133. The maximum absolute atomic E-state index is 12.5. The normalized spacial score (nSPS) is 17.5. The van der Waals surface area contributed by atoms with Crippen molar-refractivity contribution in [1.29, 1.82) is 0 Å². The Bertz CT molecular complexity index is 936. The van der Waals surface area contributed by atoms with E-state index in [1.807, 2.05) is 0 Å². The molecular weight excluding hydrogens is 396 g/mol. The van der Waals surface area contributed by atoms with Crippen LogP contribution in [0.3, 0.4) is 0 Å². The molecule has 0 saturated carbocycles. The highest BCUT2D eigenvalue weighted by molar-refractivity contribution is 8.25. The fourth-order valence-corrected chi connectivity index (χ4v) is 4.89. The lowest BCUT2D eigenvalue weighted by Crippen LogP contribution is -2.63. The molecule has 0 aliphatic carbocycles. The Labute approximate surface area is 170 Å². The van der Waals surface area contributed by atoms with Crippen LogP contribution in [0.1, 0.15) is 22.3 Å². The fraction of sp³-hybridized carbons (Fsp3) is 0.300. The van der Waals surface area contributed by atoms with Gasteiger partial charge in [0.15, 0.2) is 0 Å². The first-order valence-corrected chi connectivity index (χ1v) is 10.3. The topological polar surface area (TPSA) is 139 Å². The Morgan fingerprint density at radius 2 is 1.86 bits per heavy atom. The third-order valence-electron chi connectivity index (χ3n) is 4.21. The minimum atomic E-state index is -2.90. The molecule has 2 amide bonds. The maximum atomic E-state index is 12.5. The van der Waals surface area contributed by atoms with E-state index in [0.717, 1.165) is 0 Å². The van der Waals surface area contributed by atoms with Gasteiger partial charge in [-0.2, -0.15) is 10.6 Å². The van der Waals surface area contributed by atoms with Gasteiger partial charge in [-0.05, 0) is 36.1 Å². The first kappa shape index (κ1) is 22.3. The van der Waals surface area contributed by atoms with E-state index >= 15 is 0 Å². The minimum absolute atomic E-state index is 0.0341. The Kier molecular flexibility index (Phi) is 7.30. The van der Waals surface area contributed by atoms with Gasteiger partial charge < -0.3 is 10.4 Å². The number of nitrogens with one attached hydrogen (secondary N) is 2. The number of benzene rings is 1. The van der Waals surface area contributed by atoms with Gasteiger partial charge in [0, 0.05) is 17.5 Å². The van der Waals surface area contributed by atoms with Crippen molar-refractivity contribution in [2.24, 2.45) is 5.41 Å². The minimum Gasteiger partial charge on any atom is -0.395 e. The van der Waals surface area contributed by atoms with Crippen LogP contribution in [0.15, 0.2) is 24.3 Å². The predicted molar refractivity (Wildman–Crippen MR) is 108 cm³/mol. The Morgan fingerprint density at radius 1 is 1.21 bits per heavy atom. The van der Waals surface area contributed by atoms with Crippen LogP contribution in [-0.2, 0) is 4.79 Å². The molecule has 1 heterocycles. The Morgan fingerprint density at radius 3 is 2.38 bits per heavy atom. The number of hydrogen-bond acceptors (Lipinski definition) is 6. The highest BCUT2D eigenvalue weighted by Crippen LogP contribution is 2.59. The van der Waals surface area contributed by atoms with Crippen LogP contribution in [-0.4, -0.2) is 55.4 Å². The van der Waals surface area contributed by atoms with Gasteiger partial charge in [0.2, 0.25) is 0 Å². The van der Waals surface area contributed by atoms with Crippen molar-refractivity contribution in [2.75, 3.05) is 18.1 Å². The predicted octanol–water partition coefficient (Wildman–Crippen LogP) is 0.412. The third kappa shape index (κ3) is 5.52. The highest BCUT2D eigenvalue weighted by atomic mass is 32.3. The van der Waals surface area contributed by atoms with Gasteiger partial charge >= 0.3 is 0 Å². The zero-order chi connectivity index (χ0) is 21.5. The molecule has 0 radical (unpaired) electrons. The molecule has 1 unspecified atom stereocenters. The van der Waals surface area contributed by atoms with E-state index < -0.39 is 33.9 Å². The molecule has 0 aromatic heterocycles. The van der Waals surface area contributed by atoms with Gasteiger partial charge in [0.05, 0.1) is 23.5 Å². The summed E-state index contributed by atoms with van der Waals surface area (Å²) in [5, 5.41) is 20.1. The molecule has 1 aromatic carbocycles. The summed E-state index contributed by atoms with van der Waals surface area (Å²) in [5.41, 5.74) is 0.976. The van der Waals surface area contributed by atoms with Crippen LogP contribution in [0.2, 0.25) is 0 Å². The molecule has 1 aromatic rings. The van der Waals surface area contributed by atoms with E-state index in [4.69, 9.17) is 16.7 Å². The Balaban J connectivity index is 2.13. The number of amides is 2. The van der Waals surface area contributed by atoms with Crippen LogP contribution in [0.25, 0.3) is 0 Å². The summed E-state index contributed by atoms with van der Waals surface area (Å²) in [5.74, 6) is 10.9. The number of hydrogen-bond donors (Lipinski definition) is 6. The summed E-state index contributed by atoms with van der Waals surface area (Å²) in [4.78, 5) is 24.6. The second-order valence-corrected chi connectivity index (χ2v) is 8.56. The molecule has 152 valence electrons. The second kappa shape index (κ2) is 9.49. The molecule has 2 rings (SSSR count). The van der Waals surface area contributed by atoms with E-state index in [1.54, 1.807) is 12.1 Å². The number of hydroxylamine groups is 1. The van der Waals surface area contributed by atoms with Gasteiger partial charge in [0.25, 0.3) is 11.8 Å². The molecule has 0 bridgehead atoms. The smallest absolute Gasteiger partial charge is 0.267 e. The van der Waals surface area contributed by atoms with Crippen molar-refractivity contribution in [3.8, 4) is 36.0 Å². The van der Waals surface area contributed by atoms with Crippen molar-refractivity contribution >= 4 is 22.4 Å². The maximum Gasteiger partial charge on any atom is 0.267 e. The number of carbonyl (C=O) groups excluding carboxylic acids is 2. The van der Waals surface area contributed by atoms with Crippen molar-refractivity contribution in [2.45, 2.75) is 12.5 Å². The molecule has 29 heavy (non-hydrogen) atoms. The van der Waals surface area contributed by atoms with E-state index in [1.165, 1.54) is 17.6 Å². The van der Waals surface area contributed by atoms with Crippen molar-refractivity contribution in [3.05, 3.63) is 35.4 Å². The number of aliphatic hydroxyl groups excluding tert-OH is 1. The number of aliphatic hydroxyl groups is 1.